The number of rotatable bonds is 3. The quantitative estimate of drug-likeness (QED) is 0.835. The molecule has 0 aromatic heterocycles. The van der Waals surface area contributed by atoms with Crippen LogP contribution in [-0.4, -0.2) is 61.0 Å². The van der Waals surface area contributed by atoms with Gasteiger partial charge in [0.25, 0.3) is 0 Å². The molecule has 3 rings (SSSR count). The van der Waals surface area contributed by atoms with E-state index in [-0.39, 0.29) is 29.9 Å². The van der Waals surface area contributed by atoms with E-state index in [0.29, 0.717) is 19.6 Å². The number of benzene rings is 1. The van der Waals surface area contributed by atoms with E-state index in [0.717, 1.165) is 12.0 Å². The Bertz CT molecular complexity index is 558. The molecule has 5 heteroatoms. The molecule has 2 aliphatic heterocycles. The molecule has 0 aliphatic carbocycles. The van der Waals surface area contributed by atoms with Crippen LogP contribution in [0.3, 0.4) is 0 Å². The molecule has 2 fully saturated rings. The molecule has 0 spiro atoms. The number of nitrogens with zero attached hydrogens (tertiary/aromatic N) is 2. The molecule has 22 heavy (non-hydrogen) atoms. The SMILES string of the molecule is CN(C)C(=O)[C@H]1CN(C(=O)Cc2ccccc2)[C@H]2CCO[C@H]12. The number of ether oxygens (including phenoxy) is 1. The lowest BCUT2D eigenvalue weighted by atomic mass is 10.0. The van der Waals surface area contributed by atoms with Gasteiger partial charge in [-0.1, -0.05) is 30.3 Å². The largest absolute Gasteiger partial charge is 0.375 e. The highest BCUT2D eigenvalue weighted by Gasteiger charge is 2.50. The maximum atomic E-state index is 12.6. The molecule has 0 bridgehead atoms. The van der Waals surface area contributed by atoms with Crippen LogP contribution in [-0.2, 0) is 20.7 Å². The number of carbonyl (C=O) groups is 2. The van der Waals surface area contributed by atoms with Crippen molar-refractivity contribution in [3.05, 3.63) is 35.9 Å². The highest BCUT2D eigenvalue weighted by Crippen LogP contribution is 2.34. The van der Waals surface area contributed by atoms with Crippen LogP contribution in [0.15, 0.2) is 30.3 Å². The highest BCUT2D eigenvalue weighted by molar-refractivity contribution is 5.84. The summed E-state index contributed by atoms with van der Waals surface area (Å²) in [5.74, 6) is -0.102. The van der Waals surface area contributed by atoms with Crippen molar-refractivity contribution in [1.29, 1.82) is 0 Å². The fraction of sp³-hybridized carbons (Fsp3) is 0.529. The fourth-order valence-electron chi connectivity index (χ4n) is 3.48. The summed E-state index contributed by atoms with van der Waals surface area (Å²) in [5, 5.41) is 0. The maximum Gasteiger partial charge on any atom is 0.229 e. The van der Waals surface area contributed by atoms with E-state index in [9.17, 15) is 9.59 Å². The Labute approximate surface area is 130 Å². The van der Waals surface area contributed by atoms with Gasteiger partial charge in [0.1, 0.15) is 0 Å². The van der Waals surface area contributed by atoms with Crippen LogP contribution >= 0.6 is 0 Å². The summed E-state index contributed by atoms with van der Waals surface area (Å²) in [4.78, 5) is 28.4. The number of hydrogen-bond acceptors (Lipinski definition) is 3. The van der Waals surface area contributed by atoms with Crippen LogP contribution in [0.4, 0.5) is 0 Å². The second-order valence-electron chi connectivity index (χ2n) is 6.24. The van der Waals surface area contributed by atoms with Gasteiger partial charge < -0.3 is 14.5 Å². The Kier molecular flexibility index (Phi) is 4.16. The van der Waals surface area contributed by atoms with Crippen LogP contribution in [0.5, 0.6) is 0 Å². The Morgan fingerprint density at radius 1 is 1.27 bits per heavy atom. The first-order chi connectivity index (χ1) is 10.6. The number of likely N-dealkylation sites (tertiary alicyclic amines) is 1. The van der Waals surface area contributed by atoms with Crippen molar-refractivity contribution in [2.75, 3.05) is 27.2 Å². The summed E-state index contributed by atoms with van der Waals surface area (Å²) >= 11 is 0. The summed E-state index contributed by atoms with van der Waals surface area (Å²) in [7, 11) is 3.50. The Hall–Kier alpha value is -1.88. The minimum absolute atomic E-state index is 0.0464. The average molecular weight is 302 g/mol. The predicted molar refractivity (Wildman–Crippen MR) is 82.2 cm³/mol. The van der Waals surface area contributed by atoms with Crippen molar-refractivity contribution in [1.82, 2.24) is 9.80 Å². The summed E-state index contributed by atoms with van der Waals surface area (Å²) in [5.41, 5.74) is 1.00. The van der Waals surface area contributed by atoms with Gasteiger partial charge in [0.15, 0.2) is 0 Å². The van der Waals surface area contributed by atoms with Crippen LogP contribution in [0.2, 0.25) is 0 Å². The molecule has 2 heterocycles. The van der Waals surface area contributed by atoms with Crippen molar-refractivity contribution >= 4 is 11.8 Å². The lowest BCUT2D eigenvalue weighted by Crippen LogP contribution is -2.38. The molecule has 0 unspecified atom stereocenters. The predicted octanol–water partition coefficient (Wildman–Crippen LogP) is 0.933. The summed E-state index contributed by atoms with van der Waals surface area (Å²) in [6, 6.07) is 9.78. The van der Waals surface area contributed by atoms with E-state index in [1.165, 1.54) is 0 Å². The van der Waals surface area contributed by atoms with Crippen LogP contribution in [0.25, 0.3) is 0 Å². The maximum absolute atomic E-state index is 12.6. The molecule has 1 aromatic carbocycles. The standard InChI is InChI=1S/C17H22N2O3/c1-18(2)17(21)13-11-19(14-8-9-22-16(13)14)15(20)10-12-6-4-3-5-7-12/h3-7,13-14,16H,8-11H2,1-2H3/t13-,14-,16+/m0/s1. The molecule has 118 valence electrons. The normalized spacial score (nSPS) is 26.8. The van der Waals surface area contributed by atoms with Crippen LogP contribution < -0.4 is 0 Å². The van der Waals surface area contributed by atoms with Gasteiger partial charge in [-0.15, -0.1) is 0 Å². The van der Waals surface area contributed by atoms with Gasteiger partial charge in [-0.25, -0.2) is 0 Å². The first-order valence-electron chi connectivity index (χ1n) is 7.74. The molecule has 2 amide bonds. The highest BCUT2D eigenvalue weighted by atomic mass is 16.5. The Balaban J connectivity index is 1.74. The van der Waals surface area contributed by atoms with Crippen molar-refractivity contribution in [3.63, 3.8) is 0 Å². The van der Waals surface area contributed by atoms with Gasteiger partial charge in [-0.05, 0) is 12.0 Å². The van der Waals surface area contributed by atoms with Crippen LogP contribution in [0, 0.1) is 5.92 Å². The lowest BCUT2D eigenvalue weighted by Gasteiger charge is -2.22. The molecule has 2 aliphatic rings. The molecule has 1 aromatic rings. The number of hydrogen-bond donors (Lipinski definition) is 0. The zero-order valence-electron chi connectivity index (χ0n) is 13.1. The summed E-state index contributed by atoms with van der Waals surface area (Å²) in [6.45, 7) is 1.10. The number of amides is 2. The zero-order valence-corrected chi connectivity index (χ0v) is 13.1. The van der Waals surface area contributed by atoms with Crippen molar-refractivity contribution in [2.45, 2.75) is 25.0 Å². The zero-order chi connectivity index (χ0) is 15.7. The third kappa shape index (κ3) is 2.73. The molecule has 2 saturated heterocycles. The minimum atomic E-state index is -0.234. The van der Waals surface area contributed by atoms with Crippen molar-refractivity contribution in [3.8, 4) is 0 Å². The second-order valence-corrected chi connectivity index (χ2v) is 6.24. The van der Waals surface area contributed by atoms with E-state index in [1.807, 2.05) is 35.2 Å². The smallest absolute Gasteiger partial charge is 0.229 e. The second kappa shape index (κ2) is 6.08. The molecular formula is C17H22N2O3. The molecule has 0 saturated carbocycles. The lowest BCUT2D eigenvalue weighted by molar-refractivity contribution is -0.135. The van der Waals surface area contributed by atoms with E-state index in [2.05, 4.69) is 0 Å². The first-order valence-corrected chi connectivity index (χ1v) is 7.74. The van der Waals surface area contributed by atoms with Gasteiger partial charge in [-0.2, -0.15) is 0 Å². The molecule has 3 atom stereocenters. The van der Waals surface area contributed by atoms with Crippen molar-refractivity contribution in [2.24, 2.45) is 5.92 Å². The van der Waals surface area contributed by atoms with Gasteiger partial charge in [0.2, 0.25) is 11.8 Å². The van der Waals surface area contributed by atoms with E-state index in [1.54, 1.807) is 19.0 Å². The average Bonchev–Trinajstić information content (AvgIpc) is 3.09. The fourth-order valence-corrected chi connectivity index (χ4v) is 3.48. The molecule has 0 N–H and O–H groups in total. The van der Waals surface area contributed by atoms with Gasteiger partial charge in [0.05, 0.1) is 24.5 Å². The van der Waals surface area contributed by atoms with E-state index >= 15 is 0 Å². The molecule has 5 nitrogen and oxygen atoms in total. The van der Waals surface area contributed by atoms with Crippen LogP contribution in [0.1, 0.15) is 12.0 Å². The number of carbonyl (C=O) groups excluding carboxylic acids is 2. The molecular weight excluding hydrogens is 280 g/mol. The van der Waals surface area contributed by atoms with Crippen molar-refractivity contribution < 1.29 is 14.3 Å². The summed E-state index contributed by atoms with van der Waals surface area (Å²) < 4.78 is 5.75. The minimum Gasteiger partial charge on any atom is -0.375 e. The van der Waals surface area contributed by atoms with Gasteiger partial charge in [0, 0.05) is 27.2 Å². The third-order valence-corrected chi connectivity index (χ3v) is 4.57. The third-order valence-electron chi connectivity index (χ3n) is 4.57. The van der Waals surface area contributed by atoms with Gasteiger partial charge >= 0.3 is 0 Å². The van der Waals surface area contributed by atoms with E-state index in [4.69, 9.17) is 4.74 Å². The monoisotopic (exact) mass is 302 g/mol. The van der Waals surface area contributed by atoms with Gasteiger partial charge in [-0.3, -0.25) is 9.59 Å². The topological polar surface area (TPSA) is 49.9 Å². The summed E-state index contributed by atoms with van der Waals surface area (Å²) in [6.07, 6.45) is 1.06. The Morgan fingerprint density at radius 3 is 2.68 bits per heavy atom. The number of fused-ring (bicyclic) bond motifs is 1. The molecule has 0 radical (unpaired) electrons. The first kappa shape index (κ1) is 15.0. The van der Waals surface area contributed by atoms with E-state index < -0.39 is 0 Å². The Morgan fingerprint density at radius 2 is 2.00 bits per heavy atom.